The Balaban J connectivity index is 2.24. The lowest BCUT2D eigenvalue weighted by molar-refractivity contribution is 0.480. The van der Waals surface area contributed by atoms with Crippen LogP contribution in [0.1, 0.15) is 41.2 Å². The number of aromatic amines is 1. The van der Waals surface area contributed by atoms with Crippen LogP contribution >= 0.6 is 0 Å². The maximum Gasteiger partial charge on any atom is 0.157 e. The molecule has 0 saturated carbocycles. The zero-order chi connectivity index (χ0) is 19.0. The molecule has 3 rings (SSSR count). The fraction of sp³-hybridized carbons (Fsp3) is 0.273. The summed E-state index contributed by atoms with van der Waals surface area (Å²) >= 11 is 0. The Morgan fingerprint density at radius 3 is 2.38 bits per heavy atom. The van der Waals surface area contributed by atoms with Gasteiger partial charge in [-0.3, -0.25) is 0 Å². The molecule has 1 aromatic heterocycles. The van der Waals surface area contributed by atoms with Crippen LogP contribution in [0.4, 0.5) is 0 Å². The van der Waals surface area contributed by atoms with Gasteiger partial charge in [0, 0.05) is 5.56 Å². The van der Waals surface area contributed by atoms with Crippen molar-refractivity contribution in [3.63, 3.8) is 0 Å². The molecule has 4 heteroatoms. The minimum absolute atomic E-state index is 0.679. The van der Waals surface area contributed by atoms with Crippen LogP contribution in [0.3, 0.4) is 0 Å². The van der Waals surface area contributed by atoms with Gasteiger partial charge in [-0.1, -0.05) is 26.1 Å². The van der Waals surface area contributed by atoms with Crippen LogP contribution < -0.4 is 4.74 Å². The van der Waals surface area contributed by atoms with Gasteiger partial charge in [-0.15, -0.1) is 0 Å². The number of fused-ring (bicyclic) bond motifs is 1. The molecule has 4 nitrogen and oxygen atoms in total. The Hall–Kier alpha value is -2.88. The molecular weight excluding hydrogens is 322 g/mol. The number of para-hydroxylation sites is 1. The number of hydrogen-bond donors (Lipinski definition) is 1. The predicted molar refractivity (Wildman–Crippen MR) is 108 cm³/mol. The molecule has 0 amide bonds. The van der Waals surface area contributed by atoms with Crippen LogP contribution in [0.25, 0.3) is 16.6 Å². The van der Waals surface area contributed by atoms with Crippen LogP contribution in [0.15, 0.2) is 36.9 Å². The fourth-order valence-electron chi connectivity index (χ4n) is 3.19. The Morgan fingerprint density at radius 1 is 1.00 bits per heavy atom. The van der Waals surface area contributed by atoms with E-state index in [1.807, 2.05) is 18.2 Å². The quantitative estimate of drug-likeness (QED) is 0.579. The number of ether oxygens (including phenoxy) is 1. The summed E-state index contributed by atoms with van der Waals surface area (Å²) in [6.07, 6.45) is 0.850. The van der Waals surface area contributed by atoms with E-state index in [0.29, 0.717) is 11.3 Å². The number of allylic oxidation sites excluding steroid dienone is 2. The number of aromatic nitrogens is 3. The monoisotopic (exact) mass is 347 g/mol. The van der Waals surface area contributed by atoms with E-state index in [2.05, 4.69) is 63.2 Å². The maximum absolute atomic E-state index is 6.42. The zero-order valence-corrected chi connectivity index (χ0v) is 16.2. The lowest BCUT2D eigenvalue weighted by atomic mass is 9.87. The van der Waals surface area contributed by atoms with E-state index >= 15 is 0 Å². The highest BCUT2D eigenvalue weighted by molar-refractivity contribution is 5.85. The van der Waals surface area contributed by atoms with Crippen molar-refractivity contribution in [2.75, 3.05) is 0 Å². The third-order valence-corrected chi connectivity index (χ3v) is 5.31. The van der Waals surface area contributed by atoms with Crippen LogP contribution in [-0.2, 0) is 0 Å². The van der Waals surface area contributed by atoms with Gasteiger partial charge in [0.15, 0.2) is 11.3 Å². The standard InChI is InChI=1S/C22H25N3O/c1-8-12(2)13(3)20-16(6)14(4)15(5)17(7)22(20)26-19-11-9-10-18-21(19)24-25-23-18/h9-11H,2-3,8H2,1,4-7H3,(H,23,24,25). The maximum atomic E-state index is 6.42. The van der Waals surface area contributed by atoms with Crippen LogP contribution in [0, 0.1) is 27.7 Å². The van der Waals surface area contributed by atoms with Crippen LogP contribution in [0.5, 0.6) is 11.5 Å². The summed E-state index contributed by atoms with van der Waals surface area (Å²) in [5.41, 5.74) is 9.23. The smallest absolute Gasteiger partial charge is 0.157 e. The highest BCUT2D eigenvalue weighted by Crippen LogP contribution is 2.42. The van der Waals surface area contributed by atoms with Crippen molar-refractivity contribution in [3.05, 3.63) is 64.7 Å². The molecule has 0 spiro atoms. The molecule has 0 bridgehead atoms. The molecule has 3 aromatic rings. The molecule has 1 N–H and O–H groups in total. The van der Waals surface area contributed by atoms with Gasteiger partial charge < -0.3 is 4.74 Å². The molecule has 26 heavy (non-hydrogen) atoms. The van der Waals surface area contributed by atoms with Crippen molar-refractivity contribution >= 4 is 16.6 Å². The lowest BCUT2D eigenvalue weighted by Gasteiger charge is -2.23. The second-order valence-electron chi connectivity index (χ2n) is 6.69. The Labute approximate surface area is 154 Å². The molecule has 0 aliphatic heterocycles. The van der Waals surface area contributed by atoms with Gasteiger partial charge in [-0.2, -0.15) is 15.4 Å². The average molecular weight is 347 g/mol. The predicted octanol–water partition coefficient (Wildman–Crippen LogP) is 5.96. The topological polar surface area (TPSA) is 50.8 Å². The van der Waals surface area contributed by atoms with Gasteiger partial charge >= 0.3 is 0 Å². The van der Waals surface area contributed by atoms with Crippen molar-refractivity contribution in [2.24, 2.45) is 0 Å². The highest BCUT2D eigenvalue weighted by atomic mass is 16.5. The summed E-state index contributed by atoms with van der Waals surface area (Å²) in [5.74, 6) is 1.50. The molecule has 0 fully saturated rings. The van der Waals surface area contributed by atoms with Crippen LogP contribution in [-0.4, -0.2) is 15.4 Å². The Bertz CT molecular complexity index is 1030. The summed E-state index contributed by atoms with van der Waals surface area (Å²) in [6.45, 7) is 19.1. The second kappa shape index (κ2) is 6.79. The van der Waals surface area contributed by atoms with Gasteiger partial charge in [0.25, 0.3) is 0 Å². The summed E-state index contributed by atoms with van der Waals surface area (Å²) < 4.78 is 6.42. The van der Waals surface area contributed by atoms with Crippen molar-refractivity contribution in [3.8, 4) is 11.5 Å². The molecule has 134 valence electrons. The molecule has 0 radical (unpaired) electrons. The van der Waals surface area contributed by atoms with E-state index in [0.717, 1.165) is 40.0 Å². The summed E-state index contributed by atoms with van der Waals surface area (Å²) in [4.78, 5) is 0. The van der Waals surface area contributed by atoms with Crippen molar-refractivity contribution in [1.29, 1.82) is 0 Å². The third-order valence-electron chi connectivity index (χ3n) is 5.31. The van der Waals surface area contributed by atoms with Crippen LogP contribution in [0.2, 0.25) is 0 Å². The second-order valence-corrected chi connectivity index (χ2v) is 6.69. The van der Waals surface area contributed by atoms with Gasteiger partial charge in [0.2, 0.25) is 0 Å². The van der Waals surface area contributed by atoms with Gasteiger partial charge in [-0.25, -0.2) is 0 Å². The van der Waals surface area contributed by atoms with E-state index < -0.39 is 0 Å². The molecule has 0 unspecified atom stereocenters. The van der Waals surface area contributed by atoms with E-state index in [-0.39, 0.29) is 0 Å². The molecule has 0 aliphatic rings. The van der Waals surface area contributed by atoms with Crippen molar-refractivity contribution in [1.82, 2.24) is 15.4 Å². The number of rotatable bonds is 5. The minimum atomic E-state index is 0.679. The summed E-state index contributed by atoms with van der Waals surface area (Å²) in [7, 11) is 0. The van der Waals surface area contributed by atoms with E-state index in [4.69, 9.17) is 4.74 Å². The average Bonchev–Trinajstić information content (AvgIpc) is 3.13. The first-order valence-electron chi connectivity index (χ1n) is 8.81. The van der Waals surface area contributed by atoms with Crippen molar-refractivity contribution < 1.29 is 4.74 Å². The summed E-state index contributed by atoms with van der Waals surface area (Å²) in [5, 5.41) is 11.0. The van der Waals surface area contributed by atoms with Gasteiger partial charge in [-0.05, 0) is 79.6 Å². The van der Waals surface area contributed by atoms with E-state index in [9.17, 15) is 0 Å². The van der Waals surface area contributed by atoms with E-state index in [1.54, 1.807) is 0 Å². The SMILES string of the molecule is C=C(CC)C(=C)c1c(C)c(C)c(C)c(C)c1Oc1cccc2n[nH]nc12. The number of nitrogens with one attached hydrogen (secondary N) is 1. The Morgan fingerprint density at radius 2 is 1.69 bits per heavy atom. The molecule has 0 aliphatic carbocycles. The molecular formula is C22H25N3O. The highest BCUT2D eigenvalue weighted by Gasteiger charge is 2.21. The Kier molecular flexibility index (Phi) is 4.68. The largest absolute Gasteiger partial charge is 0.454 e. The first-order valence-corrected chi connectivity index (χ1v) is 8.81. The van der Waals surface area contributed by atoms with Gasteiger partial charge in [0.05, 0.1) is 0 Å². The minimum Gasteiger partial charge on any atom is -0.454 e. The first kappa shape index (κ1) is 17.9. The molecule has 0 atom stereocenters. The van der Waals surface area contributed by atoms with E-state index in [1.165, 1.54) is 16.7 Å². The number of nitrogens with zero attached hydrogens (tertiary/aromatic N) is 2. The van der Waals surface area contributed by atoms with Gasteiger partial charge in [0.1, 0.15) is 11.3 Å². The zero-order valence-electron chi connectivity index (χ0n) is 16.2. The number of benzene rings is 2. The molecule has 1 heterocycles. The number of hydrogen-bond acceptors (Lipinski definition) is 3. The number of H-pyrrole nitrogens is 1. The fourth-order valence-corrected chi connectivity index (χ4v) is 3.19. The summed E-state index contributed by atoms with van der Waals surface area (Å²) in [6, 6.07) is 5.74. The normalized spacial score (nSPS) is 11.0. The third kappa shape index (κ3) is 2.81. The first-order chi connectivity index (χ1) is 12.4. The molecule has 2 aromatic carbocycles. The lowest BCUT2D eigenvalue weighted by Crippen LogP contribution is -2.03. The van der Waals surface area contributed by atoms with Crippen molar-refractivity contribution in [2.45, 2.75) is 41.0 Å². The molecule has 0 saturated heterocycles.